The Morgan fingerprint density at radius 2 is 1.82 bits per heavy atom. The molecule has 2 atom stereocenters. The third kappa shape index (κ3) is 4.40. The van der Waals surface area contributed by atoms with Gasteiger partial charge in [0, 0.05) is 32.1 Å². The molecule has 2 saturated heterocycles. The number of rotatable bonds is 2. The number of piperidine rings is 1. The van der Waals surface area contributed by atoms with Crippen LogP contribution in [0.3, 0.4) is 0 Å². The molecule has 0 aliphatic carbocycles. The van der Waals surface area contributed by atoms with Gasteiger partial charge in [-0.15, -0.1) is 0 Å². The van der Waals surface area contributed by atoms with E-state index in [0.29, 0.717) is 31.9 Å². The summed E-state index contributed by atoms with van der Waals surface area (Å²) in [5, 5.41) is 9.49. The molecular weight excluding hydrogens is 377 g/mol. The lowest BCUT2D eigenvalue weighted by Crippen LogP contribution is -2.53. The molecule has 0 saturated carbocycles. The van der Waals surface area contributed by atoms with Crippen LogP contribution in [0, 0.1) is 12.8 Å². The summed E-state index contributed by atoms with van der Waals surface area (Å²) in [5.41, 5.74) is -0.208. The number of morpholine rings is 1. The third-order valence-corrected chi connectivity index (χ3v) is 5.39. The molecule has 2 amide bonds. The summed E-state index contributed by atoms with van der Waals surface area (Å²) in [5.74, 6) is -2.34. The van der Waals surface area contributed by atoms with Crippen LogP contribution in [-0.2, 0) is 15.7 Å². The third-order valence-electron chi connectivity index (χ3n) is 5.39. The number of carboxylic acid groups (broad SMARTS) is 1. The second-order valence-corrected chi connectivity index (χ2v) is 7.33. The molecule has 28 heavy (non-hydrogen) atoms. The molecular formula is C19H23F3N2O4. The number of nitrogens with zero attached hydrogens (tertiary/aromatic N) is 2. The highest BCUT2D eigenvalue weighted by Gasteiger charge is 2.38. The highest BCUT2D eigenvalue weighted by Crippen LogP contribution is 2.37. The van der Waals surface area contributed by atoms with Crippen molar-refractivity contribution in [1.29, 1.82) is 0 Å². The Hall–Kier alpha value is -2.29. The predicted octanol–water partition coefficient (Wildman–Crippen LogP) is 2.96. The highest BCUT2D eigenvalue weighted by molar-refractivity contribution is 5.77. The van der Waals surface area contributed by atoms with Crippen molar-refractivity contribution in [1.82, 2.24) is 9.80 Å². The lowest BCUT2D eigenvalue weighted by molar-refractivity contribution is -0.143. The van der Waals surface area contributed by atoms with Gasteiger partial charge >= 0.3 is 18.2 Å². The minimum atomic E-state index is -4.48. The number of carboxylic acids is 1. The first-order valence-electron chi connectivity index (χ1n) is 9.19. The smallest absolute Gasteiger partial charge is 0.416 e. The Morgan fingerprint density at radius 1 is 1.14 bits per heavy atom. The molecule has 154 valence electrons. The van der Waals surface area contributed by atoms with E-state index in [1.165, 1.54) is 17.9 Å². The number of halogens is 3. The van der Waals surface area contributed by atoms with E-state index in [1.807, 2.05) is 0 Å². The number of aliphatic carboxylic acids is 1. The van der Waals surface area contributed by atoms with Crippen LogP contribution in [-0.4, -0.2) is 66.3 Å². The average molecular weight is 400 g/mol. The van der Waals surface area contributed by atoms with Crippen LogP contribution in [0.15, 0.2) is 18.2 Å². The fraction of sp³-hybridized carbons (Fsp3) is 0.579. The molecule has 2 aliphatic heterocycles. The van der Waals surface area contributed by atoms with E-state index in [2.05, 4.69) is 0 Å². The Bertz CT molecular complexity index is 747. The highest BCUT2D eigenvalue weighted by atomic mass is 19.4. The molecule has 2 heterocycles. The van der Waals surface area contributed by atoms with Crippen molar-refractivity contribution in [3.63, 3.8) is 0 Å². The number of amides is 2. The molecule has 1 aromatic carbocycles. The molecule has 3 rings (SSSR count). The Labute approximate surface area is 160 Å². The Morgan fingerprint density at radius 3 is 2.43 bits per heavy atom. The topological polar surface area (TPSA) is 70.1 Å². The van der Waals surface area contributed by atoms with Crippen molar-refractivity contribution in [3.8, 4) is 0 Å². The van der Waals surface area contributed by atoms with E-state index in [1.54, 1.807) is 11.0 Å². The van der Waals surface area contributed by atoms with Crippen molar-refractivity contribution < 1.29 is 32.6 Å². The van der Waals surface area contributed by atoms with Crippen molar-refractivity contribution in [2.45, 2.75) is 25.4 Å². The zero-order chi connectivity index (χ0) is 20.5. The minimum absolute atomic E-state index is 0.0556. The van der Waals surface area contributed by atoms with Crippen LogP contribution in [0.1, 0.15) is 29.0 Å². The number of likely N-dealkylation sites (tertiary alicyclic amines) is 1. The number of hydrogen-bond donors (Lipinski definition) is 1. The van der Waals surface area contributed by atoms with Gasteiger partial charge in [-0.2, -0.15) is 13.2 Å². The van der Waals surface area contributed by atoms with Gasteiger partial charge in [-0.05, 0) is 30.5 Å². The molecule has 2 aliphatic rings. The number of urea groups is 1. The van der Waals surface area contributed by atoms with E-state index in [9.17, 15) is 27.9 Å². The number of ether oxygens (including phenoxy) is 1. The Kier molecular flexibility index (Phi) is 5.83. The average Bonchev–Trinajstić information content (AvgIpc) is 2.67. The monoisotopic (exact) mass is 400 g/mol. The van der Waals surface area contributed by atoms with Crippen LogP contribution in [0.5, 0.6) is 0 Å². The maximum Gasteiger partial charge on any atom is 0.416 e. The number of aryl methyl sites for hydroxylation is 1. The molecule has 9 heteroatoms. The molecule has 0 spiro atoms. The Balaban J connectivity index is 1.86. The van der Waals surface area contributed by atoms with Crippen molar-refractivity contribution in [3.05, 3.63) is 34.9 Å². The summed E-state index contributed by atoms with van der Waals surface area (Å²) in [6.45, 7) is 3.31. The van der Waals surface area contributed by atoms with E-state index in [4.69, 9.17) is 4.74 Å². The van der Waals surface area contributed by atoms with Gasteiger partial charge in [0.25, 0.3) is 0 Å². The van der Waals surface area contributed by atoms with Gasteiger partial charge in [-0.25, -0.2) is 4.79 Å². The number of carbonyl (C=O) groups is 2. The van der Waals surface area contributed by atoms with Gasteiger partial charge in [-0.1, -0.05) is 12.1 Å². The van der Waals surface area contributed by atoms with Gasteiger partial charge in [0.1, 0.15) is 0 Å². The molecule has 1 aromatic rings. The van der Waals surface area contributed by atoms with Crippen LogP contribution < -0.4 is 0 Å². The first kappa shape index (κ1) is 20.4. The maximum absolute atomic E-state index is 13.3. The molecule has 2 unspecified atom stereocenters. The van der Waals surface area contributed by atoms with E-state index >= 15 is 0 Å². The van der Waals surface area contributed by atoms with Crippen molar-refractivity contribution in [2.24, 2.45) is 5.92 Å². The fourth-order valence-electron chi connectivity index (χ4n) is 3.83. The van der Waals surface area contributed by atoms with Gasteiger partial charge in [0.05, 0.1) is 24.7 Å². The summed E-state index contributed by atoms with van der Waals surface area (Å²) >= 11 is 0. The quantitative estimate of drug-likeness (QED) is 0.829. The molecule has 0 radical (unpaired) electrons. The lowest BCUT2D eigenvalue weighted by atomic mass is 9.83. The van der Waals surface area contributed by atoms with Gasteiger partial charge in [0.2, 0.25) is 0 Å². The molecule has 1 N–H and O–H groups in total. The van der Waals surface area contributed by atoms with Crippen LogP contribution in [0.2, 0.25) is 0 Å². The first-order chi connectivity index (χ1) is 13.2. The molecule has 0 bridgehead atoms. The second kappa shape index (κ2) is 7.98. The van der Waals surface area contributed by atoms with Gasteiger partial charge in [0.15, 0.2) is 0 Å². The summed E-state index contributed by atoms with van der Waals surface area (Å²) in [7, 11) is 0. The predicted molar refractivity (Wildman–Crippen MR) is 94.0 cm³/mol. The number of alkyl halides is 3. The second-order valence-electron chi connectivity index (χ2n) is 7.33. The number of carbonyl (C=O) groups excluding carboxylic acids is 1. The summed E-state index contributed by atoms with van der Waals surface area (Å²) < 4.78 is 45.0. The largest absolute Gasteiger partial charge is 0.481 e. The van der Waals surface area contributed by atoms with Crippen molar-refractivity contribution >= 4 is 12.0 Å². The SMILES string of the molecule is Cc1ccc(C2CC(C(=O)O)CN(C(=O)N3CCOCC3)C2)cc1C(F)(F)F. The van der Waals surface area contributed by atoms with E-state index in [0.717, 1.165) is 6.07 Å². The van der Waals surface area contributed by atoms with Gasteiger partial charge < -0.3 is 19.6 Å². The summed E-state index contributed by atoms with van der Waals surface area (Å²) in [6, 6.07) is 3.79. The molecule has 0 aromatic heterocycles. The zero-order valence-electron chi connectivity index (χ0n) is 15.5. The maximum atomic E-state index is 13.3. The van der Waals surface area contributed by atoms with Crippen molar-refractivity contribution in [2.75, 3.05) is 39.4 Å². The standard InChI is InChI=1S/C19H23F3N2O4/c1-12-2-3-13(9-16(12)19(20,21)22)14-8-15(17(25)26)11-24(10-14)18(27)23-4-6-28-7-5-23/h2-3,9,14-15H,4-8,10-11H2,1H3,(H,25,26). The normalized spacial score (nSPS) is 23.6. The van der Waals surface area contributed by atoms with E-state index < -0.39 is 29.5 Å². The molecule has 6 nitrogen and oxygen atoms in total. The van der Waals surface area contributed by atoms with Crippen LogP contribution in [0.25, 0.3) is 0 Å². The summed E-state index contributed by atoms with van der Waals surface area (Å²) in [6.07, 6.45) is -4.28. The zero-order valence-corrected chi connectivity index (χ0v) is 15.5. The first-order valence-corrected chi connectivity index (χ1v) is 9.19. The van der Waals surface area contributed by atoms with Gasteiger partial charge in [-0.3, -0.25) is 4.79 Å². The minimum Gasteiger partial charge on any atom is -0.481 e. The number of benzene rings is 1. The summed E-state index contributed by atoms with van der Waals surface area (Å²) in [4.78, 5) is 27.5. The number of hydrogen-bond acceptors (Lipinski definition) is 3. The molecule has 2 fully saturated rings. The lowest BCUT2D eigenvalue weighted by Gasteiger charge is -2.40. The van der Waals surface area contributed by atoms with Crippen LogP contribution >= 0.6 is 0 Å². The van der Waals surface area contributed by atoms with Crippen LogP contribution in [0.4, 0.5) is 18.0 Å². The fourth-order valence-corrected chi connectivity index (χ4v) is 3.83. The van der Waals surface area contributed by atoms with E-state index in [-0.39, 0.29) is 31.1 Å².